The average molecular weight is 233 g/mol. The minimum atomic E-state index is -2.16. The van der Waals surface area contributed by atoms with E-state index in [-0.39, 0.29) is 0 Å². The fraction of sp³-hybridized carbons (Fsp3) is 1.00. The van der Waals surface area contributed by atoms with Crippen molar-refractivity contribution in [2.45, 2.75) is 46.1 Å². The van der Waals surface area contributed by atoms with Crippen molar-refractivity contribution in [3.8, 4) is 0 Å². The highest BCUT2D eigenvalue weighted by molar-refractivity contribution is 6.65. The van der Waals surface area contributed by atoms with E-state index in [9.17, 15) is 0 Å². The summed E-state index contributed by atoms with van der Waals surface area (Å²) >= 11 is 0. The van der Waals surface area contributed by atoms with Crippen LogP contribution in [0.5, 0.6) is 0 Å². The molecule has 0 bridgehead atoms. The van der Waals surface area contributed by atoms with E-state index in [0.717, 1.165) is 25.9 Å². The van der Waals surface area contributed by atoms with Gasteiger partial charge in [-0.2, -0.15) is 0 Å². The van der Waals surface area contributed by atoms with Gasteiger partial charge < -0.3 is 8.85 Å². The molecule has 0 spiro atoms. The summed E-state index contributed by atoms with van der Waals surface area (Å²) in [7, 11) is 1.41. The van der Waals surface area contributed by atoms with Gasteiger partial charge in [-0.1, -0.05) is 27.7 Å². The van der Waals surface area contributed by atoms with E-state index in [1.54, 1.807) is 14.2 Å². The molecule has 15 heavy (non-hydrogen) atoms. The monoisotopic (exact) mass is 233 g/mol. The minimum absolute atomic E-state index is 0.450. The van der Waals surface area contributed by atoms with Crippen molar-refractivity contribution in [3.63, 3.8) is 0 Å². The predicted octanol–water partition coefficient (Wildman–Crippen LogP) is 2.75. The summed E-state index contributed by atoms with van der Waals surface area (Å²) in [6.45, 7) is 10.9. The Labute approximate surface area is 96.1 Å². The van der Waals surface area contributed by atoms with Gasteiger partial charge in [0.05, 0.1) is 0 Å². The molecule has 0 unspecified atom stereocenters. The second-order valence-corrected chi connectivity index (χ2v) is 8.05. The fourth-order valence-electron chi connectivity index (χ4n) is 2.14. The molecule has 0 N–H and O–H groups in total. The molecule has 4 heteroatoms. The average Bonchev–Trinajstić information content (AvgIpc) is 2.20. The van der Waals surface area contributed by atoms with Gasteiger partial charge in [0, 0.05) is 19.8 Å². The van der Waals surface area contributed by atoms with Gasteiger partial charge in [0.2, 0.25) is 0 Å². The maximum Gasteiger partial charge on any atom is 0.429 e. The molecule has 0 rings (SSSR count). The number of hydrogen-bond acceptors (Lipinski definition) is 3. The van der Waals surface area contributed by atoms with Gasteiger partial charge in [0.1, 0.15) is 0 Å². The number of nitrogens with zero attached hydrogens (tertiary/aromatic N) is 1. The zero-order chi connectivity index (χ0) is 11.9. The molecule has 0 aliphatic rings. The molecule has 0 aliphatic carbocycles. The minimum Gasteiger partial charge on any atom is -0.386 e. The second-order valence-electron chi connectivity index (χ2n) is 4.18. The molecule has 0 aliphatic heterocycles. The summed E-state index contributed by atoms with van der Waals surface area (Å²) in [4.78, 5) is 0. The third-order valence-corrected chi connectivity index (χ3v) is 6.70. The molecule has 0 amide bonds. The predicted molar refractivity (Wildman–Crippen MR) is 67.0 cm³/mol. The maximum atomic E-state index is 5.76. The van der Waals surface area contributed by atoms with Crippen LogP contribution in [0.25, 0.3) is 0 Å². The van der Waals surface area contributed by atoms with Gasteiger partial charge in [-0.25, -0.2) is 0 Å². The van der Waals surface area contributed by atoms with Crippen LogP contribution >= 0.6 is 0 Å². The van der Waals surface area contributed by atoms with Crippen molar-refractivity contribution in [3.05, 3.63) is 0 Å². The van der Waals surface area contributed by atoms with Crippen LogP contribution in [0, 0.1) is 0 Å². The first kappa shape index (κ1) is 15.1. The zero-order valence-electron chi connectivity index (χ0n) is 11.2. The molecule has 0 saturated carbocycles. The highest BCUT2D eigenvalue weighted by Crippen LogP contribution is 2.26. The maximum absolute atomic E-state index is 5.76. The Morgan fingerprint density at radius 2 is 1.40 bits per heavy atom. The largest absolute Gasteiger partial charge is 0.429 e. The van der Waals surface area contributed by atoms with Gasteiger partial charge in [0.25, 0.3) is 0 Å². The van der Waals surface area contributed by atoms with E-state index < -0.39 is 8.72 Å². The van der Waals surface area contributed by atoms with Gasteiger partial charge in [-0.05, 0) is 25.9 Å². The van der Waals surface area contributed by atoms with Crippen LogP contribution in [0.1, 0.15) is 40.5 Å². The van der Waals surface area contributed by atoms with Gasteiger partial charge in [-0.3, -0.25) is 4.57 Å². The van der Waals surface area contributed by atoms with Crippen LogP contribution in [-0.4, -0.2) is 40.6 Å². The summed E-state index contributed by atoms with van der Waals surface area (Å²) in [5, 5.41) is 0. The first-order valence-electron chi connectivity index (χ1n) is 5.94. The first-order chi connectivity index (χ1) is 7.08. The Balaban J connectivity index is 4.79. The third-order valence-electron chi connectivity index (χ3n) is 2.74. The normalized spacial score (nSPS) is 12.8. The van der Waals surface area contributed by atoms with Crippen LogP contribution in [0.4, 0.5) is 0 Å². The molecule has 92 valence electrons. The summed E-state index contributed by atoms with van der Waals surface area (Å²) in [5.41, 5.74) is 0.450. The third kappa shape index (κ3) is 3.55. The Kier molecular flexibility index (Phi) is 7.43. The standard InChI is InChI=1S/C11H27NO2Si/c1-7-9-12(10-8-2)15(13-5,14-6)11(3)4/h11H,7-10H2,1-6H3. The van der Waals surface area contributed by atoms with Crippen molar-refractivity contribution >= 4 is 8.72 Å². The van der Waals surface area contributed by atoms with Gasteiger partial charge >= 0.3 is 8.72 Å². The van der Waals surface area contributed by atoms with Crippen LogP contribution in [0.3, 0.4) is 0 Å². The highest BCUT2D eigenvalue weighted by atomic mass is 28.4. The van der Waals surface area contributed by atoms with E-state index in [4.69, 9.17) is 8.85 Å². The smallest absolute Gasteiger partial charge is 0.386 e. The Bertz CT molecular complexity index is 155. The molecule has 0 saturated heterocycles. The van der Waals surface area contributed by atoms with E-state index in [0.29, 0.717) is 5.54 Å². The summed E-state index contributed by atoms with van der Waals surface area (Å²) in [6, 6.07) is 0. The lowest BCUT2D eigenvalue weighted by molar-refractivity contribution is 0.152. The Morgan fingerprint density at radius 3 is 1.60 bits per heavy atom. The Hall–Kier alpha value is 0.0969. The lowest BCUT2D eigenvalue weighted by Gasteiger charge is -2.40. The summed E-state index contributed by atoms with van der Waals surface area (Å²) in [6.07, 6.45) is 2.29. The molecular weight excluding hydrogens is 206 g/mol. The zero-order valence-corrected chi connectivity index (χ0v) is 12.2. The van der Waals surface area contributed by atoms with Crippen molar-refractivity contribution in [2.24, 2.45) is 0 Å². The van der Waals surface area contributed by atoms with E-state index >= 15 is 0 Å². The molecule has 0 fully saturated rings. The summed E-state index contributed by atoms with van der Waals surface area (Å²) in [5.74, 6) is 0. The van der Waals surface area contributed by atoms with Gasteiger partial charge in [-0.15, -0.1) is 0 Å². The first-order valence-corrected chi connectivity index (χ1v) is 7.78. The molecule has 3 nitrogen and oxygen atoms in total. The number of hydrogen-bond donors (Lipinski definition) is 0. The van der Waals surface area contributed by atoms with E-state index in [1.807, 2.05) is 0 Å². The van der Waals surface area contributed by atoms with E-state index in [2.05, 4.69) is 32.3 Å². The molecular formula is C11H27NO2Si. The van der Waals surface area contributed by atoms with Crippen LogP contribution in [-0.2, 0) is 8.85 Å². The quantitative estimate of drug-likeness (QED) is 0.602. The molecule has 0 aromatic heterocycles. The van der Waals surface area contributed by atoms with Crippen LogP contribution in [0.15, 0.2) is 0 Å². The Morgan fingerprint density at radius 1 is 1.00 bits per heavy atom. The lowest BCUT2D eigenvalue weighted by Crippen LogP contribution is -2.60. The van der Waals surface area contributed by atoms with Crippen molar-refractivity contribution in [1.82, 2.24) is 4.57 Å². The molecule has 0 aromatic carbocycles. The summed E-state index contributed by atoms with van der Waals surface area (Å²) < 4.78 is 13.9. The molecule has 0 radical (unpaired) electrons. The van der Waals surface area contributed by atoms with Crippen molar-refractivity contribution < 1.29 is 8.85 Å². The fourth-order valence-corrected chi connectivity index (χ4v) is 5.57. The molecule has 0 atom stereocenters. The van der Waals surface area contributed by atoms with Gasteiger partial charge in [0.15, 0.2) is 0 Å². The topological polar surface area (TPSA) is 21.7 Å². The van der Waals surface area contributed by atoms with Crippen molar-refractivity contribution in [1.29, 1.82) is 0 Å². The molecule has 0 heterocycles. The lowest BCUT2D eigenvalue weighted by atomic mass is 10.4. The molecule has 0 aromatic rings. The second kappa shape index (κ2) is 7.38. The highest BCUT2D eigenvalue weighted by Gasteiger charge is 2.45. The van der Waals surface area contributed by atoms with E-state index in [1.165, 1.54) is 0 Å². The SMILES string of the molecule is CCCN(CCC)[Si](OC)(OC)C(C)C. The number of rotatable bonds is 8. The van der Waals surface area contributed by atoms with Crippen LogP contribution in [0.2, 0.25) is 5.54 Å². The van der Waals surface area contributed by atoms with Crippen LogP contribution < -0.4 is 0 Å². The van der Waals surface area contributed by atoms with Crippen molar-refractivity contribution in [2.75, 3.05) is 27.3 Å².